The molecule has 5 nitrogen and oxygen atoms in total. The van der Waals surface area contributed by atoms with Crippen molar-refractivity contribution in [2.75, 3.05) is 26.2 Å². The summed E-state index contributed by atoms with van der Waals surface area (Å²) >= 11 is 1.81. The number of carbonyl (C=O) groups is 1. The molecular formula is C22H25N3O2S. The molecule has 1 fully saturated rings. The van der Waals surface area contributed by atoms with E-state index in [-0.39, 0.29) is 12.5 Å². The number of ether oxygens (including phenoxy) is 1. The molecule has 0 saturated carbocycles. The molecular weight excluding hydrogens is 370 g/mol. The Morgan fingerprint density at radius 1 is 1.29 bits per heavy atom. The number of carbonyl (C=O) groups excluding carboxylic acids is 1. The van der Waals surface area contributed by atoms with Gasteiger partial charge in [-0.05, 0) is 67.1 Å². The Morgan fingerprint density at radius 2 is 2.07 bits per heavy atom. The van der Waals surface area contributed by atoms with Crippen LogP contribution in [-0.2, 0) is 11.3 Å². The maximum atomic E-state index is 12.1. The second-order valence-corrected chi connectivity index (χ2v) is 7.93. The maximum absolute atomic E-state index is 12.1. The van der Waals surface area contributed by atoms with E-state index in [9.17, 15) is 4.79 Å². The summed E-state index contributed by atoms with van der Waals surface area (Å²) in [6.07, 6.45) is 5.60. The summed E-state index contributed by atoms with van der Waals surface area (Å²) in [6, 6.07) is 13.5. The van der Waals surface area contributed by atoms with Gasteiger partial charge in [0.2, 0.25) is 5.91 Å². The van der Waals surface area contributed by atoms with Crippen molar-refractivity contribution in [3.8, 4) is 11.8 Å². The van der Waals surface area contributed by atoms with Gasteiger partial charge >= 0.3 is 0 Å². The van der Waals surface area contributed by atoms with Gasteiger partial charge in [-0.15, -0.1) is 11.3 Å². The zero-order chi connectivity index (χ0) is 19.6. The third-order valence-electron chi connectivity index (χ3n) is 4.84. The topological polar surface area (TPSA) is 65.4 Å². The Balaban J connectivity index is 1.35. The number of benzene rings is 1. The van der Waals surface area contributed by atoms with E-state index in [4.69, 9.17) is 10.00 Å². The van der Waals surface area contributed by atoms with Crippen molar-refractivity contribution < 1.29 is 9.53 Å². The minimum absolute atomic E-state index is 0.0323. The first kappa shape index (κ1) is 20.1. The number of nitriles is 1. The van der Waals surface area contributed by atoms with Crippen LogP contribution in [0.1, 0.15) is 23.3 Å². The molecule has 2 aromatic rings. The summed E-state index contributed by atoms with van der Waals surface area (Å²) in [5, 5.41) is 13.7. The van der Waals surface area contributed by atoms with E-state index in [1.165, 1.54) is 4.88 Å². The second-order valence-electron chi connectivity index (χ2n) is 6.89. The van der Waals surface area contributed by atoms with Crippen molar-refractivity contribution in [2.24, 2.45) is 5.92 Å². The molecule has 0 unspecified atom stereocenters. The van der Waals surface area contributed by atoms with Gasteiger partial charge in [-0.3, -0.25) is 9.69 Å². The average molecular weight is 396 g/mol. The third-order valence-corrected chi connectivity index (χ3v) is 5.70. The molecule has 2 heterocycles. The number of amides is 1. The Labute approximate surface area is 170 Å². The molecule has 1 N–H and O–H groups in total. The van der Waals surface area contributed by atoms with Gasteiger partial charge in [0.15, 0.2) is 6.61 Å². The predicted molar refractivity (Wildman–Crippen MR) is 112 cm³/mol. The minimum Gasteiger partial charge on any atom is -0.479 e. The number of nitrogens with one attached hydrogen (secondary N) is 1. The smallest absolute Gasteiger partial charge is 0.244 e. The lowest BCUT2D eigenvalue weighted by Gasteiger charge is -2.31. The lowest BCUT2D eigenvalue weighted by Crippen LogP contribution is -2.37. The molecule has 1 aromatic carbocycles. The predicted octanol–water partition coefficient (Wildman–Crippen LogP) is 3.69. The molecule has 1 aliphatic rings. The first-order chi connectivity index (χ1) is 13.7. The van der Waals surface area contributed by atoms with Crippen LogP contribution in [0.4, 0.5) is 0 Å². The van der Waals surface area contributed by atoms with Gasteiger partial charge in [0.1, 0.15) is 11.8 Å². The molecule has 1 aromatic heterocycles. The van der Waals surface area contributed by atoms with Gasteiger partial charge < -0.3 is 10.1 Å². The highest BCUT2D eigenvalue weighted by Gasteiger charge is 2.19. The molecule has 0 atom stereocenters. The molecule has 1 amide bonds. The van der Waals surface area contributed by atoms with Crippen LogP contribution in [0.25, 0.3) is 6.08 Å². The Morgan fingerprint density at radius 3 is 2.75 bits per heavy atom. The molecule has 28 heavy (non-hydrogen) atoms. The molecule has 1 saturated heterocycles. The highest BCUT2D eigenvalue weighted by atomic mass is 32.1. The number of piperidine rings is 1. The first-order valence-electron chi connectivity index (χ1n) is 9.53. The average Bonchev–Trinajstić information content (AvgIpc) is 3.24. The lowest BCUT2D eigenvalue weighted by molar-refractivity contribution is -0.116. The van der Waals surface area contributed by atoms with E-state index in [2.05, 4.69) is 27.7 Å². The van der Waals surface area contributed by atoms with Crippen molar-refractivity contribution in [2.45, 2.75) is 19.4 Å². The van der Waals surface area contributed by atoms with E-state index < -0.39 is 0 Å². The normalized spacial score (nSPS) is 15.4. The van der Waals surface area contributed by atoms with E-state index in [0.29, 0.717) is 11.7 Å². The number of thiophene rings is 1. The van der Waals surface area contributed by atoms with Crippen LogP contribution in [0, 0.1) is 17.2 Å². The van der Waals surface area contributed by atoms with Crippen molar-refractivity contribution in [3.63, 3.8) is 0 Å². The van der Waals surface area contributed by atoms with Crippen molar-refractivity contribution in [1.82, 2.24) is 10.2 Å². The molecule has 0 aliphatic carbocycles. The summed E-state index contributed by atoms with van der Waals surface area (Å²) in [5.74, 6) is 1.13. The first-order valence-corrected chi connectivity index (χ1v) is 10.4. The summed E-state index contributed by atoms with van der Waals surface area (Å²) in [4.78, 5) is 16.0. The van der Waals surface area contributed by atoms with E-state index >= 15 is 0 Å². The Hall–Kier alpha value is -2.62. The molecule has 0 bridgehead atoms. The number of rotatable bonds is 8. The quantitative estimate of drug-likeness (QED) is 0.693. The van der Waals surface area contributed by atoms with E-state index in [1.54, 1.807) is 24.3 Å². The summed E-state index contributed by atoms with van der Waals surface area (Å²) in [7, 11) is 0. The van der Waals surface area contributed by atoms with E-state index in [1.807, 2.05) is 29.5 Å². The van der Waals surface area contributed by atoms with Crippen LogP contribution in [0.15, 0.2) is 47.9 Å². The molecule has 0 radical (unpaired) electrons. The molecule has 1 aliphatic heterocycles. The van der Waals surface area contributed by atoms with Crippen LogP contribution in [0.3, 0.4) is 0 Å². The van der Waals surface area contributed by atoms with Crippen LogP contribution in [0.5, 0.6) is 5.75 Å². The fourth-order valence-corrected chi connectivity index (χ4v) is 3.98. The van der Waals surface area contributed by atoms with Gasteiger partial charge in [0.25, 0.3) is 0 Å². The monoisotopic (exact) mass is 395 g/mol. The summed E-state index contributed by atoms with van der Waals surface area (Å²) in [5.41, 5.74) is 0.918. The minimum atomic E-state index is -0.0641. The number of hydrogen-bond acceptors (Lipinski definition) is 5. The Bertz CT molecular complexity index is 801. The molecule has 0 spiro atoms. The molecule has 3 rings (SSSR count). The fraction of sp³-hybridized carbons (Fsp3) is 0.364. The van der Waals surface area contributed by atoms with Crippen molar-refractivity contribution >= 4 is 23.3 Å². The maximum Gasteiger partial charge on any atom is 0.244 e. The second kappa shape index (κ2) is 10.6. The van der Waals surface area contributed by atoms with Gasteiger partial charge in [-0.1, -0.05) is 18.2 Å². The standard InChI is InChI=1S/C22H25N3O2S/c23-11-14-27-20-6-3-18(4-7-20)5-8-22(26)24-16-19-9-12-25(13-10-19)17-21-2-1-15-28-21/h1-8,15,19H,9-10,12-14,16-17H2,(H,24,26)/b8-5+. The third kappa shape index (κ3) is 6.52. The van der Waals surface area contributed by atoms with Crippen molar-refractivity contribution in [1.29, 1.82) is 5.26 Å². The summed E-state index contributed by atoms with van der Waals surface area (Å²) < 4.78 is 5.21. The number of likely N-dealkylation sites (tertiary alicyclic amines) is 1. The SMILES string of the molecule is N#CCOc1ccc(/C=C/C(=O)NCC2CCN(Cc3cccs3)CC2)cc1. The zero-order valence-electron chi connectivity index (χ0n) is 15.8. The zero-order valence-corrected chi connectivity index (χ0v) is 16.7. The van der Waals surface area contributed by atoms with E-state index in [0.717, 1.165) is 44.6 Å². The van der Waals surface area contributed by atoms with Crippen LogP contribution < -0.4 is 10.1 Å². The molecule has 146 valence electrons. The fourth-order valence-electron chi connectivity index (χ4n) is 3.24. The number of nitrogens with zero attached hydrogens (tertiary/aromatic N) is 2. The lowest BCUT2D eigenvalue weighted by atomic mass is 9.97. The highest BCUT2D eigenvalue weighted by molar-refractivity contribution is 7.09. The largest absolute Gasteiger partial charge is 0.479 e. The van der Waals surface area contributed by atoms with Gasteiger partial charge in [-0.25, -0.2) is 0 Å². The van der Waals surface area contributed by atoms with Gasteiger partial charge in [0.05, 0.1) is 0 Å². The highest BCUT2D eigenvalue weighted by Crippen LogP contribution is 2.20. The summed E-state index contributed by atoms with van der Waals surface area (Å²) in [6.45, 7) is 3.99. The van der Waals surface area contributed by atoms with Gasteiger partial charge in [-0.2, -0.15) is 5.26 Å². The van der Waals surface area contributed by atoms with Crippen LogP contribution in [-0.4, -0.2) is 37.0 Å². The van der Waals surface area contributed by atoms with Gasteiger partial charge in [0, 0.05) is 24.0 Å². The van der Waals surface area contributed by atoms with Crippen LogP contribution in [0.2, 0.25) is 0 Å². The van der Waals surface area contributed by atoms with Crippen LogP contribution >= 0.6 is 11.3 Å². The Kier molecular flexibility index (Phi) is 7.65. The number of hydrogen-bond donors (Lipinski definition) is 1. The molecule has 6 heteroatoms. The van der Waals surface area contributed by atoms with Crippen molar-refractivity contribution in [3.05, 3.63) is 58.3 Å².